The molecule has 2 atom stereocenters. The molecule has 0 spiro atoms. The lowest BCUT2D eigenvalue weighted by molar-refractivity contribution is -0.136. The number of hydrogen-bond donors (Lipinski definition) is 3. The fourth-order valence-electron chi connectivity index (χ4n) is 2.14. The number of aliphatic hydroxyl groups excluding tert-OH is 2. The summed E-state index contributed by atoms with van der Waals surface area (Å²) in [6, 6.07) is 0. The van der Waals surface area contributed by atoms with E-state index >= 15 is 0 Å². The molecule has 0 aliphatic heterocycles. The van der Waals surface area contributed by atoms with Crippen molar-refractivity contribution in [2.75, 3.05) is 0 Å². The maximum atomic E-state index is 10.3. The number of hydrogen-bond acceptors (Lipinski definition) is 3. The van der Waals surface area contributed by atoms with E-state index in [1.165, 1.54) is 0 Å². The second-order valence-electron chi connectivity index (χ2n) is 6.10. The average Bonchev–Trinajstić information content (AvgIpc) is 2.61. The summed E-state index contributed by atoms with van der Waals surface area (Å²) in [5.41, 5.74) is 0. The van der Waals surface area contributed by atoms with Gasteiger partial charge in [0.1, 0.15) is 0 Å². The minimum absolute atomic E-state index is 0.179. The Hall–Kier alpha value is -1.91. The second-order valence-corrected chi connectivity index (χ2v) is 6.10. The number of allylic oxidation sites excluding steroid dienone is 9. The van der Waals surface area contributed by atoms with Crippen LogP contribution in [0.4, 0.5) is 0 Å². The zero-order valence-corrected chi connectivity index (χ0v) is 15.8. The van der Waals surface area contributed by atoms with Crippen LogP contribution >= 0.6 is 0 Å². The molecule has 0 rings (SSSR count). The number of aliphatic carboxylic acids is 1. The van der Waals surface area contributed by atoms with Gasteiger partial charge >= 0.3 is 5.97 Å². The predicted molar refractivity (Wildman–Crippen MR) is 108 cm³/mol. The first-order chi connectivity index (χ1) is 12.6. The Morgan fingerprint density at radius 3 is 2.23 bits per heavy atom. The van der Waals surface area contributed by atoms with Crippen molar-refractivity contribution in [2.45, 2.75) is 70.5 Å². The highest BCUT2D eigenvalue weighted by molar-refractivity contribution is 5.66. The zero-order chi connectivity index (χ0) is 19.5. The molecule has 3 N–H and O–H groups in total. The van der Waals surface area contributed by atoms with E-state index in [0.717, 1.165) is 32.1 Å². The normalized spacial score (nSPS) is 15.2. The molecular weight excluding hydrogens is 328 g/mol. The molecule has 0 saturated heterocycles. The van der Waals surface area contributed by atoms with Gasteiger partial charge in [0.05, 0.1) is 12.2 Å². The van der Waals surface area contributed by atoms with E-state index in [1.54, 1.807) is 12.2 Å². The highest BCUT2D eigenvalue weighted by atomic mass is 16.4. The van der Waals surface area contributed by atoms with E-state index in [2.05, 4.69) is 13.0 Å². The summed E-state index contributed by atoms with van der Waals surface area (Å²) in [5, 5.41) is 28.1. The Balaban J connectivity index is 3.80. The lowest BCUT2D eigenvalue weighted by atomic mass is 10.1. The Kier molecular flexibility index (Phi) is 16.6. The Labute approximate surface area is 157 Å². The topological polar surface area (TPSA) is 77.8 Å². The monoisotopic (exact) mass is 362 g/mol. The van der Waals surface area contributed by atoms with Crippen LogP contribution in [0.5, 0.6) is 0 Å². The van der Waals surface area contributed by atoms with Crippen LogP contribution in [0.15, 0.2) is 60.8 Å². The molecule has 2 unspecified atom stereocenters. The van der Waals surface area contributed by atoms with Crippen LogP contribution < -0.4 is 0 Å². The Bertz CT molecular complexity index is 486. The van der Waals surface area contributed by atoms with Crippen molar-refractivity contribution < 1.29 is 20.1 Å². The summed E-state index contributed by atoms with van der Waals surface area (Å²) in [6.45, 7) is 2.11. The van der Waals surface area contributed by atoms with Gasteiger partial charge in [-0.2, -0.15) is 0 Å². The van der Waals surface area contributed by atoms with Crippen LogP contribution in [0, 0.1) is 0 Å². The SMILES string of the molecule is CCCCCC(O)C(O)/C=C/C=C/C=C/C/C=C/C/C=C/CCC(=O)O. The van der Waals surface area contributed by atoms with Gasteiger partial charge in [0.2, 0.25) is 0 Å². The van der Waals surface area contributed by atoms with Crippen LogP contribution in [0.2, 0.25) is 0 Å². The fraction of sp³-hybridized carbons (Fsp3) is 0.500. The quantitative estimate of drug-likeness (QED) is 0.224. The molecule has 0 radical (unpaired) electrons. The van der Waals surface area contributed by atoms with Gasteiger partial charge in [-0.3, -0.25) is 4.79 Å². The number of rotatable bonds is 15. The summed E-state index contributed by atoms with van der Waals surface area (Å²) in [5.74, 6) is -0.768. The number of aliphatic hydroxyl groups is 2. The third-order valence-corrected chi connectivity index (χ3v) is 3.68. The van der Waals surface area contributed by atoms with Crippen molar-refractivity contribution in [3.8, 4) is 0 Å². The number of unbranched alkanes of at least 4 members (excludes halogenated alkanes) is 2. The van der Waals surface area contributed by atoms with Crippen LogP contribution in [0.1, 0.15) is 58.3 Å². The van der Waals surface area contributed by atoms with Gasteiger partial charge in [-0.1, -0.05) is 86.9 Å². The number of carbonyl (C=O) groups is 1. The molecule has 0 aliphatic carbocycles. The molecule has 0 fully saturated rings. The van der Waals surface area contributed by atoms with Crippen molar-refractivity contribution in [1.82, 2.24) is 0 Å². The Morgan fingerprint density at radius 1 is 0.885 bits per heavy atom. The molecule has 0 aromatic heterocycles. The average molecular weight is 363 g/mol. The van der Waals surface area contributed by atoms with Crippen LogP contribution in [0.25, 0.3) is 0 Å². The van der Waals surface area contributed by atoms with E-state index < -0.39 is 18.2 Å². The molecule has 0 amide bonds. The van der Waals surface area contributed by atoms with Gasteiger partial charge in [0.15, 0.2) is 0 Å². The summed E-state index contributed by atoms with van der Waals surface area (Å²) < 4.78 is 0. The molecule has 0 aliphatic rings. The molecular formula is C22H34O4. The van der Waals surface area contributed by atoms with Crippen molar-refractivity contribution in [2.24, 2.45) is 0 Å². The van der Waals surface area contributed by atoms with E-state index in [-0.39, 0.29) is 6.42 Å². The maximum Gasteiger partial charge on any atom is 0.303 e. The maximum absolute atomic E-state index is 10.3. The van der Waals surface area contributed by atoms with Crippen molar-refractivity contribution >= 4 is 5.97 Å². The summed E-state index contributed by atoms with van der Waals surface area (Å²) in [7, 11) is 0. The fourth-order valence-corrected chi connectivity index (χ4v) is 2.14. The van der Waals surface area contributed by atoms with Gasteiger partial charge in [-0.15, -0.1) is 0 Å². The van der Waals surface area contributed by atoms with Gasteiger partial charge in [0, 0.05) is 6.42 Å². The highest BCUT2D eigenvalue weighted by Gasteiger charge is 2.11. The largest absolute Gasteiger partial charge is 0.481 e. The van der Waals surface area contributed by atoms with Crippen LogP contribution in [-0.2, 0) is 4.79 Å². The molecule has 26 heavy (non-hydrogen) atoms. The lowest BCUT2D eigenvalue weighted by Crippen LogP contribution is -2.23. The van der Waals surface area contributed by atoms with Gasteiger partial charge < -0.3 is 15.3 Å². The van der Waals surface area contributed by atoms with Crippen molar-refractivity contribution in [3.63, 3.8) is 0 Å². The smallest absolute Gasteiger partial charge is 0.303 e. The lowest BCUT2D eigenvalue weighted by Gasteiger charge is -2.13. The van der Waals surface area contributed by atoms with Crippen LogP contribution in [-0.4, -0.2) is 33.5 Å². The first kappa shape index (κ1) is 24.1. The third-order valence-electron chi connectivity index (χ3n) is 3.68. The first-order valence-corrected chi connectivity index (χ1v) is 9.45. The van der Waals surface area contributed by atoms with E-state index in [4.69, 9.17) is 5.11 Å². The molecule has 4 heteroatoms. The second kappa shape index (κ2) is 17.9. The molecule has 0 bridgehead atoms. The Morgan fingerprint density at radius 2 is 1.54 bits per heavy atom. The van der Waals surface area contributed by atoms with E-state index in [0.29, 0.717) is 12.8 Å². The summed E-state index contributed by atoms with van der Waals surface area (Å²) >= 11 is 0. The van der Waals surface area contributed by atoms with E-state index in [9.17, 15) is 15.0 Å². The van der Waals surface area contributed by atoms with Crippen LogP contribution in [0.3, 0.4) is 0 Å². The molecule has 0 aromatic rings. The zero-order valence-electron chi connectivity index (χ0n) is 15.8. The van der Waals surface area contributed by atoms with Crippen molar-refractivity contribution in [3.05, 3.63) is 60.8 Å². The summed E-state index contributed by atoms with van der Waals surface area (Å²) in [6.07, 6.45) is 23.6. The summed E-state index contributed by atoms with van der Waals surface area (Å²) in [4.78, 5) is 10.3. The molecule has 0 saturated carbocycles. The van der Waals surface area contributed by atoms with Gasteiger partial charge in [-0.05, 0) is 25.7 Å². The number of carboxylic acid groups (broad SMARTS) is 1. The van der Waals surface area contributed by atoms with Crippen molar-refractivity contribution in [1.29, 1.82) is 0 Å². The van der Waals surface area contributed by atoms with Gasteiger partial charge in [0.25, 0.3) is 0 Å². The minimum atomic E-state index is -0.813. The molecule has 4 nitrogen and oxygen atoms in total. The third kappa shape index (κ3) is 16.9. The van der Waals surface area contributed by atoms with Gasteiger partial charge in [-0.25, -0.2) is 0 Å². The predicted octanol–water partition coefficient (Wildman–Crippen LogP) is 4.71. The minimum Gasteiger partial charge on any atom is -0.481 e. The molecule has 146 valence electrons. The molecule has 0 heterocycles. The molecule has 0 aromatic carbocycles. The number of carboxylic acids is 1. The standard InChI is InChI=1S/C22H34O4/c1-2-3-14-17-20(23)21(24)18-15-12-10-8-6-4-5-7-9-11-13-16-19-22(25)26/h5-8,10-13,15,18,20-21,23-24H,2-4,9,14,16-17,19H2,1H3,(H,25,26)/b7-5+,8-6+,12-10+,13-11+,18-15+. The highest BCUT2D eigenvalue weighted by Crippen LogP contribution is 2.07. The first-order valence-electron chi connectivity index (χ1n) is 9.45. The van der Waals surface area contributed by atoms with E-state index in [1.807, 2.05) is 42.5 Å².